The Morgan fingerprint density at radius 1 is 1.23 bits per heavy atom. The summed E-state index contributed by atoms with van der Waals surface area (Å²) < 4.78 is 7.24. The van der Waals surface area contributed by atoms with Gasteiger partial charge in [0.25, 0.3) is 5.91 Å². The molecule has 4 rings (SSSR count). The highest BCUT2D eigenvalue weighted by Gasteiger charge is 2.17. The molecule has 2 aromatic carbocycles. The first-order valence-corrected chi connectivity index (χ1v) is 10.4. The first-order valence-electron chi connectivity index (χ1n) is 10.4. The van der Waals surface area contributed by atoms with E-state index in [2.05, 4.69) is 39.7 Å². The van der Waals surface area contributed by atoms with Crippen LogP contribution in [0.2, 0.25) is 0 Å². The maximum Gasteiger partial charge on any atom is 0.255 e. The van der Waals surface area contributed by atoms with Gasteiger partial charge in [0, 0.05) is 31.0 Å². The molecule has 0 fully saturated rings. The summed E-state index contributed by atoms with van der Waals surface area (Å²) in [6.07, 6.45) is 3.46. The highest BCUT2D eigenvalue weighted by Crippen LogP contribution is 2.27. The molecule has 0 saturated carbocycles. The molecule has 0 unspecified atom stereocenters. The molecule has 1 amide bonds. The van der Waals surface area contributed by atoms with Crippen molar-refractivity contribution in [3.63, 3.8) is 0 Å². The summed E-state index contributed by atoms with van der Waals surface area (Å²) in [6, 6.07) is 9.58. The molecular formula is C23H26N6O2. The summed E-state index contributed by atoms with van der Waals surface area (Å²) in [4.78, 5) is 17.0. The molecule has 0 saturated heterocycles. The highest BCUT2D eigenvalue weighted by molar-refractivity contribution is 5.97. The lowest BCUT2D eigenvalue weighted by Crippen LogP contribution is -2.23. The van der Waals surface area contributed by atoms with E-state index in [4.69, 9.17) is 9.72 Å². The molecule has 31 heavy (non-hydrogen) atoms. The number of carbonyl (C=O) groups is 1. The van der Waals surface area contributed by atoms with Gasteiger partial charge in [-0.15, -0.1) is 0 Å². The number of hydrogen-bond acceptors (Lipinski definition) is 5. The maximum absolute atomic E-state index is 12.2. The zero-order valence-electron chi connectivity index (χ0n) is 18.2. The van der Waals surface area contributed by atoms with E-state index in [1.165, 1.54) is 11.1 Å². The predicted octanol–water partition coefficient (Wildman–Crippen LogP) is 3.27. The third-order valence-electron chi connectivity index (χ3n) is 5.43. The minimum absolute atomic E-state index is 0.165. The third kappa shape index (κ3) is 3.88. The summed E-state index contributed by atoms with van der Waals surface area (Å²) in [5.74, 6) is 1.79. The second-order valence-electron chi connectivity index (χ2n) is 7.31. The van der Waals surface area contributed by atoms with Crippen LogP contribution in [0.5, 0.6) is 5.75 Å². The number of amides is 1. The van der Waals surface area contributed by atoms with Gasteiger partial charge in [0.2, 0.25) is 0 Å². The van der Waals surface area contributed by atoms with Crippen LogP contribution in [0.15, 0.2) is 36.5 Å². The summed E-state index contributed by atoms with van der Waals surface area (Å²) in [6.45, 7) is 4.58. The van der Waals surface area contributed by atoms with Gasteiger partial charge in [-0.1, -0.05) is 19.1 Å². The van der Waals surface area contributed by atoms with Crippen molar-refractivity contribution in [2.75, 3.05) is 13.7 Å². The van der Waals surface area contributed by atoms with Crippen LogP contribution >= 0.6 is 0 Å². The number of aryl methyl sites for hydroxylation is 2. The van der Waals surface area contributed by atoms with E-state index < -0.39 is 0 Å². The number of hydrogen-bond donors (Lipinski definition) is 2. The summed E-state index contributed by atoms with van der Waals surface area (Å²) in [5.41, 5.74) is 4.81. The monoisotopic (exact) mass is 418 g/mol. The van der Waals surface area contributed by atoms with Gasteiger partial charge in [0.15, 0.2) is 5.82 Å². The van der Waals surface area contributed by atoms with Gasteiger partial charge in [-0.2, -0.15) is 10.2 Å². The lowest BCUT2D eigenvalue weighted by Gasteiger charge is -2.09. The standard InChI is InChI=1S/C23H26N6O2/c1-5-16-14(8-10-19-18(16)13-25-27-19)12-21-26-22(28-29(21)3)15-7-9-17(20(11-15)31-4)23(30)24-6-2/h7-11,13H,5-6,12H2,1-4H3,(H,24,30)(H,25,27). The van der Waals surface area contributed by atoms with E-state index in [-0.39, 0.29) is 5.91 Å². The largest absolute Gasteiger partial charge is 0.496 e. The molecule has 2 heterocycles. The van der Waals surface area contributed by atoms with Gasteiger partial charge in [-0.05, 0) is 42.7 Å². The molecule has 2 aromatic heterocycles. The fourth-order valence-electron chi connectivity index (χ4n) is 3.84. The van der Waals surface area contributed by atoms with E-state index in [0.29, 0.717) is 30.1 Å². The summed E-state index contributed by atoms with van der Waals surface area (Å²) >= 11 is 0. The quantitative estimate of drug-likeness (QED) is 0.480. The lowest BCUT2D eigenvalue weighted by atomic mass is 9.98. The van der Waals surface area contributed by atoms with Gasteiger partial charge >= 0.3 is 0 Å². The van der Waals surface area contributed by atoms with Crippen LogP contribution in [-0.2, 0) is 19.9 Å². The van der Waals surface area contributed by atoms with Crippen molar-refractivity contribution < 1.29 is 9.53 Å². The number of methoxy groups -OCH3 is 1. The average molecular weight is 419 g/mol. The Balaban J connectivity index is 1.66. The second kappa shape index (κ2) is 8.59. The number of fused-ring (bicyclic) bond motifs is 1. The number of aromatic nitrogens is 5. The maximum atomic E-state index is 12.2. The van der Waals surface area contributed by atoms with Crippen LogP contribution < -0.4 is 10.1 Å². The number of nitrogens with one attached hydrogen (secondary N) is 2. The van der Waals surface area contributed by atoms with Crippen molar-refractivity contribution in [3.8, 4) is 17.1 Å². The Hall–Kier alpha value is -3.68. The number of benzene rings is 2. The first kappa shape index (κ1) is 20.6. The molecule has 2 N–H and O–H groups in total. The normalized spacial score (nSPS) is 11.1. The second-order valence-corrected chi connectivity index (χ2v) is 7.31. The third-order valence-corrected chi connectivity index (χ3v) is 5.43. The summed E-state index contributed by atoms with van der Waals surface area (Å²) in [5, 5.41) is 15.7. The summed E-state index contributed by atoms with van der Waals surface area (Å²) in [7, 11) is 3.45. The molecule has 8 nitrogen and oxygen atoms in total. The minimum Gasteiger partial charge on any atom is -0.496 e. The number of aromatic amines is 1. The van der Waals surface area contributed by atoms with E-state index in [1.807, 2.05) is 26.2 Å². The topological polar surface area (TPSA) is 97.7 Å². The number of ether oxygens (including phenoxy) is 1. The molecule has 0 aliphatic carbocycles. The smallest absolute Gasteiger partial charge is 0.255 e. The minimum atomic E-state index is -0.165. The fraction of sp³-hybridized carbons (Fsp3) is 0.304. The first-order chi connectivity index (χ1) is 15.0. The number of rotatable bonds is 7. The van der Waals surface area contributed by atoms with Crippen molar-refractivity contribution in [2.45, 2.75) is 26.7 Å². The molecule has 4 aromatic rings. The molecule has 8 heteroatoms. The van der Waals surface area contributed by atoms with E-state index in [1.54, 1.807) is 23.9 Å². The number of carbonyl (C=O) groups excluding carboxylic acids is 1. The lowest BCUT2D eigenvalue weighted by molar-refractivity contribution is 0.0953. The Labute approximate surface area is 180 Å². The van der Waals surface area contributed by atoms with Crippen LogP contribution in [0.3, 0.4) is 0 Å². The van der Waals surface area contributed by atoms with Crippen molar-refractivity contribution in [3.05, 3.63) is 59.0 Å². The Morgan fingerprint density at radius 3 is 2.81 bits per heavy atom. The Kier molecular flexibility index (Phi) is 5.70. The van der Waals surface area contributed by atoms with Gasteiger partial charge in [0.1, 0.15) is 11.6 Å². The van der Waals surface area contributed by atoms with Crippen LogP contribution in [0.1, 0.15) is 41.2 Å². The Bertz CT molecular complexity index is 1240. The van der Waals surface area contributed by atoms with Gasteiger partial charge < -0.3 is 10.1 Å². The molecule has 0 spiro atoms. The van der Waals surface area contributed by atoms with Gasteiger partial charge in [-0.25, -0.2) is 4.98 Å². The molecule has 0 aliphatic heterocycles. The molecule has 160 valence electrons. The zero-order chi connectivity index (χ0) is 22.0. The van der Waals surface area contributed by atoms with Gasteiger partial charge in [-0.3, -0.25) is 14.6 Å². The van der Waals surface area contributed by atoms with E-state index in [0.717, 1.165) is 28.7 Å². The van der Waals surface area contributed by atoms with E-state index >= 15 is 0 Å². The highest BCUT2D eigenvalue weighted by atomic mass is 16.5. The predicted molar refractivity (Wildman–Crippen MR) is 119 cm³/mol. The molecule has 0 radical (unpaired) electrons. The average Bonchev–Trinajstić information content (AvgIpc) is 3.40. The van der Waals surface area contributed by atoms with Gasteiger partial charge in [0.05, 0.1) is 24.4 Å². The molecule has 0 bridgehead atoms. The SMILES string of the molecule is CCNC(=O)c1ccc(-c2nc(Cc3ccc4[nH]ncc4c3CC)n(C)n2)cc1OC. The molecule has 0 aliphatic rings. The van der Waals surface area contributed by atoms with Crippen LogP contribution in [0.4, 0.5) is 0 Å². The fourth-order valence-corrected chi connectivity index (χ4v) is 3.84. The molecular weight excluding hydrogens is 392 g/mol. The number of H-pyrrole nitrogens is 1. The van der Waals surface area contributed by atoms with Crippen molar-refractivity contribution >= 4 is 16.8 Å². The van der Waals surface area contributed by atoms with Crippen molar-refractivity contribution in [2.24, 2.45) is 7.05 Å². The molecule has 0 atom stereocenters. The zero-order valence-corrected chi connectivity index (χ0v) is 18.2. The van der Waals surface area contributed by atoms with E-state index in [9.17, 15) is 4.79 Å². The van der Waals surface area contributed by atoms with Crippen molar-refractivity contribution in [1.29, 1.82) is 0 Å². The van der Waals surface area contributed by atoms with Crippen LogP contribution in [-0.4, -0.2) is 44.5 Å². The Morgan fingerprint density at radius 2 is 2.06 bits per heavy atom. The van der Waals surface area contributed by atoms with Crippen LogP contribution in [0.25, 0.3) is 22.3 Å². The van der Waals surface area contributed by atoms with Crippen LogP contribution in [0, 0.1) is 0 Å². The van der Waals surface area contributed by atoms with Crippen molar-refractivity contribution in [1.82, 2.24) is 30.3 Å². The number of nitrogens with zero attached hydrogens (tertiary/aromatic N) is 4.